The zero-order valence-corrected chi connectivity index (χ0v) is 8.84. The lowest BCUT2D eigenvalue weighted by atomic mass is 10.1. The first-order valence-electron chi connectivity index (χ1n) is 5.20. The van der Waals surface area contributed by atoms with E-state index in [1.165, 1.54) is 11.1 Å². The van der Waals surface area contributed by atoms with Gasteiger partial charge in [0.05, 0.1) is 0 Å². The van der Waals surface area contributed by atoms with Crippen LogP contribution in [0, 0.1) is 13.8 Å². The molecule has 1 heterocycles. The zero-order valence-electron chi connectivity index (χ0n) is 8.84. The van der Waals surface area contributed by atoms with Crippen molar-refractivity contribution >= 4 is 0 Å². The highest BCUT2D eigenvalue weighted by Crippen LogP contribution is 2.19. The molecule has 76 valence electrons. The Kier molecular flexibility index (Phi) is 2.73. The Labute approximate surface area is 85.3 Å². The van der Waals surface area contributed by atoms with Crippen LogP contribution >= 0.6 is 0 Å². The van der Waals surface area contributed by atoms with Gasteiger partial charge in [0, 0.05) is 6.54 Å². The molecule has 2 rings (SSSR count). The molecule has 1 unspecified atom stereocenters. The van der Waals surface area contributed by atoms with Crippen LogP contribution in [0.4, 0.5) is 0 Å². The average Bonchev–Trinajstić information content (AvgIpc) is 2.54. The van der Waals surface area contributed by atoms with Gasteiger partial charge in [-0.1, -0.05) is 6.07 Å². The third-order valence-electron chi connectivity index (χ3n) is 2.51. The zero-order chi connectivity index (χ0) is 9.97. The van der Waals surface area contributed by atoms with E-state index in [0.29, 0.717) is 6.10 Å². The highest BCUT2D eigenvalue weighted by molar-refractivity contribution is 5.33. The Morgan fingerprint density at radius 2 is 1.93 bits per heavy atom. The second-order valence-corrected chi connectivity index (χ2v) is 4.06. The lowest BCUT2D eigenvalue weighted by Gasteiger charge is -2.13. The van der Waals surface area contributed by atoms with E-state index in [-0.39, 0.29) is 0 Å². The number of ether oxygens (including phenoxy) is 1. The minimum atomic E-state index is 0.358. The molecule has 0 amide bonds. The quantitative estimate of drug-likeness (QED) is 0.772. The van der Waals surface area contributed by atoms with Crippen LogP contribution in [0.15, 0.2) is 18.2 Å². The van der Waals surface area contributed by atoms with Crippen molar-refractivity contribution in [3.63, 3.8) is 0 Å². The van der Waals surface area contributed by atoms with Crippen LogP contribution in [0.3, 0.4) is 0 Å². The van der Waals surface area contributed by atoms with Crippen molar-refractivity contribution in [2.75, 3.05) is 13.1 Å². The Hall–Kier alpha value is -1.02. The monoisotopic (exact) mass is 191 g/mol. The Morgan fingerprint density at radius 1 is 1.21 bits per heavy atom. The van der Waals surface area contributed by atoms with Gasteiger partial charge in [0.1, 0.15) is 11.9 Å². The van der Waals surface area contributed by atoms with E-state index < -0.39 is 0 Å². The minimum absolute atomic E-state index is 0.358. The Balaban J connectivity index is 2.07. The molecule has 1 aliphatic rings. The SMILES string of the molecule is Cc1cc(C)cc(OC2CCNC2)c1. The molecule has 2 heteroatoms. The summed E-state index contributed by atoms with van der Waals surface area (Å²) in [5.74, 6) is 1.01. The maximum atomic E-state index is 5.87. The fourth-order valence-electron chi connectivity index (χ4n) is 1.92. The molecule has 0 aromatic heterocycles. The molecule has 2 nitrogen and oxygen atoms in total. The number of aryl methyl sites for hydroxylation is 2. The highest BCUT2D eigenvalue weighted by atomic mass is 16.5. The lowest BCUT2D eigenvalue weighted by molar-refractivity contribution is 0.223. The van der Waals surface area contributed by atoms with Gasteiger partial charge in [-0.3, -0.25) is 0 Å². The predicted octanol–water partition coefficient (Wildman–Crippen LogP) is 2.04. The van der Waals surface area contributed by atoms with Crippen LogP contribution < -0.4 is 10.1 Å². The van der Waals surface area contributed by atoms with Crippen molar-refractivity contribution < 1.29 is 4.74 Å². The van der Waals surface area contributed by atoms with Crippen LogP contribution in [0.1, 0.15) is 17.5 Å². The molecule has 1 fully saturated rings. The lowest BCUT2D eigenvalue weighted by Crippen LogP contribution is -2.19. The third kappa shape index (κ3) is 2.26. The minimum Gasteiger partial charge on any atom is -0.489 e. The fourth-order valence-corrected chi connectivity index (χ4v) is 1.92. The topological polar surface area (TPSA) is 21.3 Å². The molecule has 1 atom stereocenters. The van der Waals surface area contributed by atoms with Gasteiger partial charge >= 0.3 is 0 Å². The van der Waals surface area contributed by atoms with Crippen LogP contribution in [0.2, 0.25) is 0 Å². The molecule has 0 bridgehead atoms. The largest absolute Gasteiger partial charge is 0.489 e. The van der Waals surface area contributed by atoms with Crippen molar-refractivity contribution in [1.82, 2.24) is 5.32 Å². The van der Waals surface area contributed by atoms with Gasteiger partial charge in [-0.05, 0) is 50.1 Å². The number of hydrogen-bond donors (Lipinski definition) is 1. The molecule has 1 aromatic rings. The molecule has 0 radical (unpaired) electrons. The van der Waals surface area contributed by atoms with Crippen molar-refractivity contribution in [3.8, 4) is 5.75 Å². The van der Waals surface area contributed by atoms with Gasteiger partial charge in [-0.15, -0.1) is 0 Å². The molecule has 1 N–H and O–H groups in total. The number of hydrogen-bond acceptors (Lipinski definition) is 2. The molecular formula is C12H17NO. The van der Waals surface area contributed by atoms with Gasteiger partial charge in [0.2, 0.25) is 0 Å². The van der Waals surface area contributed by atoms with Gasteiger partial charge in [-0.25, -0.2) is 0 Å². The molecule has 1 aliphatic heterocycles. The first-order valence-corrected chi connectivity index (χ1v) is 5.20. The number of rotatable bonds is 2. The van der Waals surface area contributed by atoms with Crippen LogP contribution in [-0.2, 0) is 0 Å². The van der Waals surface area contributed by atoms with E-state index >= 15 is 0 Å². The van der Waals surface area contributed by atoms with Gasteiger partial charge in [-0.2, -0.15) is 0 Å². The van der Waals surface area contributed by atoms with E-state index in [0.717, 1.165) is 25.3 Å². The van der Waals surface area contributed by atoms with Crippen LogP contribution in [-0.4, -0.2) is 19.2 Å². The summed E-state index contributed by atoms with van der Waals surface area (Å²) in [6, 6.07) is 6.37. The summed E-state index contributed by atoms with van der Waals surface area (Å²) in [7, 11) is 0. The molecule has 0 saturated carbocycles. The molecular weight excluding hydrogens is 174 g/mol. The van der Waals surface area contributed by atoms with Crippen LogP contribution in [0.25, 0.3) is 0 Å². The normalized spacial score (nSPS) is 21.1. The number of benzene rings is 1. The first-order chi connectivity index (χ1) is 6.74. The van der Waals surface area contributed by atoms with E-state index in [4.69, 9.17) is 4.74 Å². The summed E-state index contributed by atoms with van der Waals surface area (Å²) in [6.45, 7) is 6.27. The standard InChI is InChI=1S/C12H17NO/c1-9-5-10(2)7-12(6-9)14-11-3-4-13-8-11/h5-7,11,13H,3-4,8H2,1-2H3. The first kappa shape index (κ1) is 9.53. The number of nitrogens with one attached hydrogen (secondary N) is 1. The Bertz CT molecular complexity index is 296. The highest BCUT2D eigenvalue weighted by Gasteiger charge is 2.15. The van der Waals surface area contributed by atoms with Gasteiger partial charge in [0.25, 0.3) is 0 Å². The summed E-state index contributed by atoms with van der Waals surface area (Å²) in [5.41, 5.74) is 2.54. The second kappa shape index (κ2) is 4.01. The molecule has 0 aliphatic carbocycles. The van der Waals surface area contributed by atoms with Gasteiger partial charge < -0.3 is 10.1 Å². The summed E-state index contributed by atoms with van der Waals surface area (Å²) in [4.78, 5) is 0. The van der Waals surface area contributed by atoms with Gasteiger partial charge in [0.15, 0.2) is 0 Å². The van der Waals surface area contributed by atoms with E-state index in [2.05, 4.69) is 37.4 Å². The second-order valence-electron chi connectivity index (χ2n) is 4.06. The predicted molar refractivity (Wildman–Crippen MR) is 57.8 cm³/mol. The van der Waals surface area contributed by atoms with Crippen LogP contribution in [0.5, 0.6) is 5.75 Å². The molecule has 1 saturated heterocycles. The maximum absolute atomic E-state index is 5.87. The Morgan fingerprint density at radius 3 is 2.50 bits per heavy atom. The van der Waals surface area contributed by atoms with Crippen molar-refractivity contribution in [3.05, 3.63) is 29.3 Å². The third-order valence-corrected chi connectivity index (χ3v) is 2.51. The van der Waals surface area contributed by atoms with E-state index in [1.807, 2.05) is 0 Å². The van der Waals surface area contributed by atoms with E-state index in [9.17, 15) is 0 Å². The maximum Gasteiger partial charge on any atom is 0.120 e. The molecule has 0 spiro atoms. The fraction of sp³-hybridized carbons (Fsp3) is 0.500. The molecule has 14 heavy (non-hydrogen) atoms. The van der Waals surface area contributed by atoms with Crippen molar-refractivity contribution in [2.45, 2.75) is 26.4 Å². The smallest absolute Gasteiger partial charge is 0.120 e. The van der Waals surface area contributed by atoms with Crippen molar-refractivity contribution in [2.24, 2.45) is 0 Å². The summed E-state index contributed by atoms with van der Waals surface area (Å²) in [6.07, 6.45) is 1.48. The average molecular weight is 191 g/mol. The summed E-state index contributed by atoms with van der Waals surface area (Å²) < 4.78 is 5.87. The van der Waals surface area contributed by atoms with E-state index in [1.54, 1.807) is 0 Å². The van der Waals surface area contributed by atoms with Crippen molar-refractivity contribution in [1.29, 1.82) is 0 Å². The summed E-state index contributed by atoms with van der Waals surface area (Å²) >= 11 is 0. The molecule has 1 aromatic carbocycles. The summed E-state index contributed by atoms with van der Waals surface area (Å²) in [5, 5.41) is 3.30.